The largest absolute Gasteiger partial charge is 0.477 e. The normalized spacial score (nSPS) is 19.3. The summed E-state index contributed by atoms with van der Waals surface area (Å²) in [6.45, 7) is 4.99. The van der Waals surface area contributed by atoms with Gasteiger partial charge in [-0.2, -0.15) is 4.31 Å². The second-order valence-electron chi connectivity index (χ2n) is 5.27. The Kier molecular flexibility index (Phi) is 3.85. The number of carbonyl (C=O) groups excluding carboxylic acids is 1. The smallest absolute Gasteiger partial charge is 0.346 e. The zero-order chi connectivity index (χ0) is 16.0. The molecule has 1 aromatic rings. The van der Waals surface area contributed by atoms with Crippen LogP contribution in [-0.2, 0) is 14.8 Å². The molecule has 2 heterocycles. The van der Waals surface area contributed by atoms with Crippen LogP contribution in [0.2, 0.25) is 0 Å². The lowest BCUT2D eigenvalue weighted by molar-refractivity contribution is -0.131. The number of hydrogen-bond acceptors (Lipinski definition) is 5. The average Bonchev–Trinajstić information content (AvgIpc) is 2.75. The second-order valence-corrected chi connectivity index (χ2v) is 8.42. The predicted octanol–water partition coefficient (Wildman–Crippen LogP) is 0.654. The van der Waals surface area contributed by atoms with Crippen molar-refractivity contribution >= 4 is 33.2 Å². The molecule has 21 heavy (non-hydrogen) atoms. The maximum absolute atomic E-state index is 12.7. The van der Waals surface area contributed by atoms with Crippen molar-refractivity contribution in [2.45, 2.75) is 30.5 Å². The average molecular weight is 332 g/mol. The second kappa shape index (κ2) is 5.08. The van der Waals surface area contributed by atoms with Crippen LogP contribution in [0.3, 0.4) is 0 Å². The molecule has 1 aliphatic rings. The Morgan fingerprint density at radius 1 is 1.48 bits per heavy atom. The maximum Gasteiger partial charge on any atom is 0.346 e. The highest BCUT2D eigenvalue weighted by Crippen LogP contribution is 2.32. The fourth-order valence-electron chi connectivity index (χ4n) is 2.20. The van der Waals surface area contributed by atoms with Gasteiger partial charge >= 0.3 is 5.97 Å². The molecule has 9 heteroatoms. The molecule has 2 N–H and O–H groups in total. The first-order valence-corrected chi connectivity index (χ1v) is 8.49. The molecule has 0 atom stereocenters. The van der Waals surface area contributed by atoms with Gasteiger partial charge < -0.3 is 10.4 Å². The predicted molar refractivity (Wildman–Crippen MR) is 77.0 cm³/mol. The summed E-state index contributed by atoms with van der Waals surface area (Å²) in [6, 6.07) is 1.34. The molecule has 0 saturated carbocycles. The van der Waals surface area contributed by atoms with Gasteiger partial charge in [0.15, 0.2) is 0 Å². The number of carboxylic acid groups (broad SMARTS) is 1. The lowest BCUT2D eigenvalue weighted by Gasteiger charge is -2.39. The Hall–Kier alpha value is -1.45. The number of nitrogens with one attached hydrogen (secondary N) is 1. The van der Waals surface area contributed by atoms with Crippen molar-refractivity contribution in [1.82, 2.24) is 9.62 Å². The van der Waals surface area contributed by atoms with Gasteiger partial charge in [-0.25, -0.2) is 13.2 Å². The fraction of sp³-hybridized carbons (Fsp3) is 0.500. The van der Waals surface area contributed by atoms with Gasteiger partial charge in [-0.15, -0.1) is 11.3 Å². The quantitative estimate of drug-likeness (QED) is 0.846. The number of amides is 1. The van der Waals surface area contributed by atoms with Gasteiger partial charge in [-0.05, 0) is 32.4 Å². The van der Waals surface area contributed by atoms with Crippen LogP contribution >= 0.6 is 11.3 Å². The van der Waals surface area contributed by atoms with E-state index in [-0.39, 0.29) is 28.1 Å². The van der Waals surface area contributed by atoms with Crippen LogP contribution < -0.4 is 5.32 Å². The van der Waals surface area contributed by atoms with E-state index in [9.17, 15) is 18.0 Å². The number of sulfonamides is 1. The first kappa shape index (κ1) is 15.9. The zero-order valence-corrected chi connectivity index (χ0v) is 13.5. The highest BCUT2D eigenvalue weighted by atomic mass is 32.2. The highest BCUT2D eigenvalue weighted by molar-refractivity contribution is 7.91. The van der Waals surface area contributed by atoms with E-state index in [0.717, 1.165) is 4.31 Å². The fourth-order valence-corrected chi connectivity index (χ4v) is 5.45. The number of carboxylic acids is 1. The van der Waals surface area contributed by atoms with E-state index >= 15 is 0 Å². The summed E-state index contributed by atoms with van der Waals surface area (Å²) in [6.07, 6.45) is 0. The van der Waals surface area contributed by atoms with Crippen molar-refractivity contribution in [3.63, 3.8) is 0 Å². The number of aromatic carboxylic acids is 1. The summed E-state index contributed by atoms with van der Waals surface area (Å²) < 4.78 is 26.5. The van der Waals surface area contributed by atoms with Crippen molar-refractivity contribution in [2.75, 3.05) is 13.1 Å². The molecule has 7 nitrogen and oxygen atoms in total. The molecule has 1 aliphatic heterocycles. The van der Waals surface area contributed by atoms with E-state index in [4.69, 9.17) is 5.11 Å². The van der Waals surface area contributed by atoms with Crippen LogP contribution in [0.4, 0.5) is 0 Å². The molecular weight excluding hydrogens is 316 g/mol. The number of piperazine rings is 1. The first-order chi connectivity index (χ1) is 9.58. The van der Waals surface area contributed by atoms with Gasteiger partial charge in [0, 0.05) is 13.1 Å². The molecule has 1 amide bonds. The van der Waals surface area contributed by atoms with Crippen molar-refractivity contribution < 1.29 is 23.1 Å². The molecule has 116 valence electrons. The number of rotatable bonds is 3. The van der Waals surface area contributed by atoms with Gasteiger partial charge in [0.05, 0.1) is 0 Å². The van der Waals surface area contributed by atoms with Gasteiger partial charge in [0.2, 0.25) is 5.91 Å². The molecule has 1 fully saturated rings. The molecule has 0 spiro atoms. The minimum atomic E-state index is -3.91. The molecule has 1 saturated heterocycles. The number of nitrogens with zero attached hydrogens (tertiary/aromatic N) is 1. The van der Waals surface area contributed by atoms with E-state index in [0.29, 0.717) is 16.9 Å². The number of hydrogen-bond donors (Lipinski definition) is 2. The lowest BCUT2D eigenvalue weighted by atomic mass is 10.0. The third-order valence-electron chi connectivity index (χ3n) is 3.41. The van der Waals surface area contributed by atoms with E-state index < -0.39 is 21.5 Å². The minimum absolute atomic E-state index is 0.00663. The maximum atomic E-state index is 12.7. The Balaban J connectivity index is 2.49. The summed E-state index contributed by atoms with van der Waals surface area (Å²) in [7, 11) is -3.91. The van der Waals surface area contributed by atoms with Crippen LogP contribution in [0, 0.1) is 6.92 Å². The van der Waals surface area contributed by atoms with Gasteiger partial charge in [-0.3, -0.25) is 4.79 Å². The topological polar surface area (TPSA) is 104 Å². The molecule has 0 radical (unpaired) electrons. The molecule has 1 aromatic heterocycles. The first-order valence-electron chi connectivity index (χ1n) is 6.23. The Morgan fingerprint density at radius 3 is 2.62 bits per heavy atom. The summed E-state index contributed by atoms with van der Waals surface area (Å²) in [4.78, 5) is 22.9. The molecule has 0 unspecified atom stereocenters. The summed E-state index contributed by atoms with van der Waals surface area (Å²) in [5.74, 6) is -1.53. The van der Waals surface area contributed by atoms with Crippen molar-refractivity contribution in [3.05, 3.63) is 16.5 Å². The van der Waals surface area contributed by atoms with Crippen LogP contribution in [-0.4, -0.2) is 48.3 Å². The third kappa shape index (κ3) is 2.56. The summed E-state index contributed by atoms with van der Waals surface area (Å²) in [5, 5.41) is 11.7. The van der Waals surface area contributed by atoms with E-state index in [1.165, 1.54) is 19.9 Å². The van der Waals surface area contributed by atoms with Gasteiger partial charge in [0.25, 0.3) is 10.0 Å². The van der Waals surface area contributed by atoms with Crippen LogP contribution in [0.1, 0.15) is 29.1 Å². The Morgan fingerprint density at radius 2 is 2.10 bits per heavy atom. The third-order valence-corrected chi connectivity index (χ3v) is 7.16. The lowest BCUT2D eigenvalue weighted by Crippen LogP contribution is -2.63. The van der Waals surface area contributed by atoms with E-state index in [2.05, 4.69) is 5.32 Å². The molecule has 2 rings (SSSR count). The van der Waals surface area contributed by atoms with Crippen molar-refractivity contribution in [1.29, 1.82) is 0 Å². The SMILES string of the molecule is Cc1cc(S(=O)(=O)N2CCNC(=O)C2(C)C)sc1C(=O)O. The van der Waals surface area contributed by atoms with E-state index in [1.54, 1.807) is 6.92 Å². The number of thiophene rings is 1. The van der Waals surface area contributed by atoms with Crippen molar-refractivity contribution in [2.24, 2.45) is 0 Å². The van der Waals surface area contributed by atoms with Crippen LogP contribution in [0.15, 0.2) is 10.3 Å². The molecule has 0 bridgehead atoms. The minimum Gasteiger partial charge on any atom is -0.477 e. The van der Waals surface area contributed by atoms with Gasteiger partial charge in [-0.1, -0.05) is 0 Å². The summed E-state index contributed by atoms with van der Waals surface area (Å²) in [5.41, 5.74) is -0.816. The van der Waals surface area contributed by atoms with Crippen LogP contribution in [0.25, 0.3) is 0 Å². The molecular formula is C12H16N2O5S2. The highest BCUT2D eigenvalue weighted by Gasteiger charge is 2.45. The molecule has 0 aromatic carbocycles. The zero-order valence-electron chi connectivity index (χ0n) is 11.8. The molecule has 0 aliphatic carbocycles. The Bertz CT molecular complexity index is 705. The van der Waals surface area contributed by atoms with E-state index in [1.807, 2.05) is 0 Å². The number of carbonyl (C=O) groups is 2. The standard InChI is InChI=1S/C12H16N2O5S2/c1-7-6-8(20-9(7)10(15)16)21(18,19)14-5-4-13-11(17)12(14,2)3/h6H,4-5H2,1-3H3,(H,13,17)(H,15,16). The number of aryl methyl sites for hydroxylation is 1. The monoisotopic (exact) mass is 332 g/mol. The van der Waals surface area contributed by atoms with Gasteiger partial charge in [0.1, 0.15) is 14.6 Å². The van der Waals surface area contributed by atoms with Crippen molar-refractivity contribution in [3.8, 4) is 0 Å². The van der Waals surface area contributed by atoms with Crippen LogP contribution in [0.5, 0.6) is 0 Å². The Labute approximate surface area is 126 Å². The summed E-state index contributed by atoms with van der Waals surface area (Å²) >= 11 is 0.709.